The number of aliphatic hydroxyl groups is 1. The first kappa shape index (κ1) is 9.59. The molecule has 0 aliphatic heterocycles. The smallest absolute Gasteiger partial charge is 0.148 e. The lowest BCUT2D eigenvalue weighted by atomic mass is 9.46. The van der Waals surface area contributed by atoms with Gasteiger partial charge in [0.1, 0.15) is 5.78 Å². The fourth-order valence-corrected chi connectivity index (χ4v) is 4.16. The zero-order chi connectivity index (χ0) is 11.1. The standard InChI is InChI=1S/C13H18O2/c1-11-4-5-12(2)9(11)7-13(3,15)8(6-11)10(12)14/h4-5,8-9,15H,6-7H2,1-3H3/t8-,9-,11-,12-,13?/m0/s1. The molecule has 4 aliphatic carbocycles. The number of carbonyl (C=O) groups excluding carboxylic acids is 1. The Kier molecular flexibility index (Phi) is 1.42. The van der Waals surface area contributed by atoms with E-state index in [1.165, 1.54) is 0 Å². The van der Waals surface area contributed by atoms with E-state index in [4.69, 9.17) is 0 Å². The van der Waals surface area contributed by atoms with E-state index in [0.717, 1.165) is 12.8 Å². The molecule has 0 amide bonds. The van der Waals surface area contributed by atoms with Gasteiger partial charge in [0, 0.05) is 11.3 Å². The van der Waals surface area contributed by atoms with Crippen molar-refractivity contribution >= 4 is 5.78 Å². The van der Waals surface area contributed by atoms with E-state index in [-0.39, 0.29) is 22.5 Å². The Hall–Kier alpha value is -0.630. The van der Waals surface area contributed by atoms with Crippen molar-refractivity contribution in [2.45, 2.75) is 39.2 Å². The van der Waals surface area contributed by atoms with Gasteiger partial charge in [0.15, 0.2) is 0 Å². The summed E-state index contributed by atoms with van der Waals surface area (Å²) in [5, 5.41) is 10.3. The van der Waals surface area contributed by atoms with E-state index in [2.05, 4.69) is 19.1 Å². The van der Waals surface area contributed by atoms with Crippen LogP contribution in [0, 0.1) is 22.7 Å². The summed E-state index contributed by atoms with van der Waals surface area (Å²) in [5.74, 6) is 0.403. The summed E-state index contributed by atoms with van der Waals surface area (Å²) in [5.41, 5.74) is -0.914. The van der Waals surface area contributed by atoms with Gasteiger partial charge in [-0.15, -0.1) is 0 Å². The Bertz CT molecular complexity index is 382. The molecule has 0 saturated heterocycles. The monoisotopic (exact) mass is 206 g/mol. The molecular weight excluding hydrogens is 188 g/mol. The van der Waals surface area contributed by atoms with Gasteiger partial charge in [0.25, 0.3) is 0 Å². The molecule has 0 heterocycles. The lowest BCUT2D eigenvalue weighted by Crippen LogP contribution is -2.62. The van der Waals surface area contributed by atoms with Crippen LogP contribution in [0.3, 0.4) is 0 Å². The summed E-state index contributed by atoms with van der Waals surface area (Å²) in [4.78, 5) is 12.3. The van der Waals surface area contributed by atoms with Crippen LogP contribution in [0.4, 0.5) is 0 Å². The number of fused-ring (bicyclic) bond motifs is 1. The van der Waals surface area contributed by atoms with Crippen molar-refractivity contribution in [3.8, 4) is 0 Å². The Labute approximate surface area is 90.4 Å². The minimum Gasteiger partial charge on any atom is -0.389 e. The third kappa shape index (κ3) is 0.878. The Morgan fingerprint density at radius 2 is 1.93 bits per heavy atom. The summed E-state index contributed by atoms with van der Waals surface area (Å²) in [6.45, 7) is 6.10. The second-order valence-electron chi connectivity index (χ2n) is 6.36. The average Bonchev–Trinajstić information content (AvgIpc) is 2.33. The molecule has 3 fully saturated rings. The molecule has 0 aromatic rings. The maximum atomic E-state index is 12.3. The third-order valence-electron chi connectivity index (χ3n) is 5.19. The Morgan fingerprint density at radius 1 is 1.27 bits per heavy atom. The molecule has 0 radical (unpaired) electrons. The molecule has 5 atom stereocenters. The predicted molar refractivity (Wildman–Crippen MR) is 57.2 cm³/mol. The van der Waals surface area contributed by atoms with Gasteiger partial charge in [-0.3, -0.25) is 4.79 Å². The summed E-state index contributed by atoms with van der Waals surface area (Å²) >= 11 is 0. The van der Waals surface area contributed by atoms with Crippen molar-refractivity contribution in [1.82, 2.24) is 0 Å². The quantitative estimate of drug-likeness (QED) is 0.615. The highest BCUT2D eigenvalue weighted by Crippen LogP contribution is 2.66. The minimum absolute atomic E-state index is 0.148. The second-order valence-corrected chi connectivity index (χ2v) is 6.36. The van der Waals surface area contributed by atoms with Crippen molar-refractivity contribution in [3.05, 3.63) is 12.2 Å². The zero-order valence-corrected chi connectivity index (χ0v) is 9.58. The van der Waals surface area contributed by atoms with Gasteiger partial charge in [0.2, 0.25) is 0 Å². The summed E-state index contributed by atoms with van der Waals surface area (Å²) in [6.07, 6.45) is 5.90. The molecule has 4 bridgehead atoms. The first-order chi connectivity index (χ1) is 6.80. The fraction of sp³-hybridized carbons (Fsp3) is 0.769. The molecule has 15 heavy (non-hydrogen) atoms. The zero-order valence-electron chi connectivity index (χ0n) is 9.58. The average molecular weight is 206 g/mol. The first-order valence-corrected chi connectivity index (χ1v) is 5.77. The summed E-state index contributed by atoms with van der Waals surface area (Å²) in [6, 6.07) is 0. The molecule has 4 aliphatic rings. The van der Waals surface area contributed by atoms with Crippen LogP contribution in [-0.2, 0) is 4.79 Å². The molecule has 2 heteroatoms. The number of ketones is 1. The molecule has 0 aromatic carbocycles. The van der Waals surface area contributed by atoms with Crippen LogP contribution in [0.5, 0.6) is 0 Å². The van der Waals surface area contributed by atoms with Crippen molar-refractivity contribution in [2.24, 2.45) is 22.7 Å². The van der Waals surface area contributed by atoms with Gasteiger partial charge in [-0.2, -0.15) is 0 Å². The highest BCUT2D eigenvalue weighted by atomic mass is 16.3. The van der Waals surface area contributed by atoms with Crippen LogP contribution in [0.1, 0.15) is 33.6 Å². The number of allylic oxidation sites excluding steroid dienone is 2. The van der Waals surface area contributed by atoms with Crippen LogP contribution < -0.4 is 0 Å². The van der Waals surface area contributed by atoms with Gasteiger partial charge in [-0.25, -0.2) is 0 Å². The van der Waals surface area contributed by atoms with E-state index in [9.17, 15) is 9.90 Å². The van der Waals surface area contributed by atoms with Crippen LogP contribution >= 0.6 is 0 Å². The van der Waals surface area contributed by atoms with E-state index < -0.39 is 5.60 Å². The SMILES string of the molecule is CC1(O)C[C@H]2[C@@]3(C)C=C[C@]2(C)C(=O)[C@@H]1C3. The van der Waals surface area contributed by atoms with Crippen LogP contribution in [-0.4, -0.2) is 16.5 Å². The van der Waals surface area contributed by atoms with E-state index in [1.807, 2.05) is 13.8 Å². The molecule has 1 N–H and O–H groups in total. The van der Waals surface area contributed by atoms with Gasteiger partial charge < -0.3 is 5.11 Å². The van der Waals surface area contributed by atoms with Crippen molar-refractivity contribution < 1.29 is 9.90 Å². The third-order valence-corrected chi connectivity index (χ3v) is 5.19. The molecule has 0 aromatic heterocycles. The first-order valence-electron chi connectivity index (χ1n) is 5.77. The number of carbonyl (C=O) groups is 1. The second kappa shape index (κ2) is 2.22. The minimum atomic E-state index is -0.771. The van der Waals surface area contributed by atoms with E-state index in [1.54, 1.807) is 0 Å². The lowest BCUT2D eigenvalue weighted by Gasteiger charge is -2.57. The van der Waals surface area contributed by atoms with E-state index >= 15 is 0 Å². The highest BCUT2D eigenvalue weighted by Gasteiger charge is 2.67. The van der Waals surface area contributed by atoms with Crippen molar-refractivity contribution in [2.75, 3.05) is 0 Å². The van der Waals surface area contributed by atoms with Gasteiger partial charge in [-0.05, 0) is 38.0 Å². The summed E-state index contributed by atoms with van der Waals surface area (Å²) < 4.78 is 0. The molecule has 2 nitrogen and oxygen atoms in total. The van der Waals surface area contributed by atoms with Gasteiger partial charge in [0.05, 0.1) is 5.60 Å². The number of rotatable bonds is 0. The number of hydrogen-bond donors (Lipinski definition) is 1. The highest BCUT2D eigenvalue weighted by molar-refractivity contribution is 5.93. The van der Waals surface area contributed by atoms with Crippen LogP contribution in [0.25, 0.3) is 0 Å². The molecule has 0 spiro atoms. The predicted octanol–water partition coefficient (Wildman–Crippen LogP) is 1.93. The molecule has 3 saturated carbocycles. The number of Topliss-reactive ketones (excluding diaryl/α,β-unsaturated/α-hetero) is 1. The molecular formula is C13H18O2. The van der Waals surface area contributed by atoms with Crippen LogP contribution in [0.2, 0.25) is 0 Å². The Balaban J connectivity index is 2.16. The van der Waals surface area contributed by atoms with Crippen molar-refractivity contribution in [1.29, 1.82) is 0 Å². The maximum absolute atomic E-state index is 12.3. The largest absolute Gasteiger partial charge is 0.389 e. The Morgan fingerprint density at radius 3 is 2.60 bits per heavy atom. The maximum Gasteiger partial charge on any atom is 0.148 e. The van der Waals surface area contributed by atoms with Gasteiger partial charge in [-0.1, -0.05) is 19.1 Å². The van der Waals surface area contributed by atoms with Crippen molar-refractivity contribution in [3.63, 3.8) is 0 Å². The molecule has 1 unspecified atom stereocenters. The topological polar surface area (TPSA) is 37.3 Å². The lowest BCUT2D eigenvalue weighted by molar-refractivity contribution is -0.176. The normalized spacial score (nSPS) is 61.5. The van der Waals surface area contributed by atoms with Crippen LogP contribution in [0.15, 0.2) is 12.2 Å². The molecule has 82 valence electrons. The fourth-order valence-electron chi connectivity index (χ4n) is 4.16. The number of hydrogen-bond acceptors (Lipinski definition) is 2. The van der Waals surface area contributed by atoms with E-state index in [0.29, 0.717) is 5.92 Å². The molecule has 4 rings (SSSR count). The van der Waals surface area contributed by atoms with Gasteiger partial charge >= 0.3 is 0 Å². The summed E-state index contributed by atoms with van der Waals surface area (Å²) in [7, 11) is 0.